The zero-order valence-corrected chi connectivity index (χ0v) is 10.3. The van der Waals surface area contributed by atoms with Crippen LogP contribution in [0.4, 0.5) is 5.82 Å². The van der Waals surface area contributed by atoms with Gasteiger partial charge >= 0.3 is 0 Å². The summed E-state index contributed by atoms with van der Waals surface area (Å²) in [5.74, 6) is 1.17. The number of pyridine rings is 1. The lowest BCUT2D eigenvalue weighted by Gasteiger charge is -2.18. The highest BCUT2D eigenvalue weighted by atomic mass is 15.2. The molecule has 0 spiro atoms. The van der Waals surface area contributed by atoms with Crippen molar-refractivity contribution in [3.63, 3.8) is 0 Å². The number of hydrogen-bond acceptors (Lipinski definition) is 3. The Labute approximate surface area is 97.9 Å². The van der Waals surface area contributed by atoms with E-state index in [9.17, 15) is 0 Å². The predicted octanol–water partition coefficient (Wildman–Crippen LogP) is 1.96. The Morgan fingerprint density at radius 2 is 2.06 bits per heavy atom. The van der Waals surface area contributed by atoms with Gasteiger partial charge in [-0.2, -0.15) is 0 Å². The number of aryl methyl sites for hydroxylation is 1. The van der Waals surface area contributed by atoms with E-state index in [-0.39, 0.29) is 0 Å². The van der Waals surface area contributed by atoms with E-state index in [2.05, 4.69) is 29.3 Å². The third-order valence-electron chi connectivity index (χ3n) is 3.10. The fraction of sp³-hybridized carbons (Fsp3) is 0.615. The minimum atomic E-state index is 0.927. The topological polar surface area (TPSA) is 28.2 Å². The molecule has 3 heteroatoms. The van der Waals surface area contributed by atoms with Crippen LogP contribution < -0.4 is 10.2 Å². The Morgan fingerprint density at radius 3 is 2.69 bits per heavy atom. The second-order valence-corrected chi connectivity index (χ2v) is 4.40. The van der Waals surface area contributed by atoms with Gasteiger partial charge in [0.15, 0.2) is 0 Å². The summed E-state index contributed by atoms with van der Waals surface area (Å²) in [6.45, 7) is 5.42. The second kappa shape index (κ2) is 5.30. The summed E-state index contributed by atoms with van der Waals surface area (Å²) >= 11 is 0. The van der Waals surface area contributed by atoms with Gasteiger partial charge in [-0.15, -0.1) is 0 Å². The van der Waals surface area contributed by atoms with Gasteiger partial charge in [-0.1, -0.05) is 6.92 Å². The van der Waals surface area contributed by atoms with Gasteiger partial charge in [-0.05, 0) is 44.0 Å². The number of nitrogens with zero attached hydrogens (tertiary/aromatic N) is 2. The first-order chi connectivity index (χ1) is 7.83. The summed E-state index contributed by atoms with van der Waals surface area (Å²) in [7, 11) is 1.99. The molecule has 0 aliphatic carbocycles. The molecule has 1 N–H and O–H groups in total. The molecule has 2 heterocycles. The number of nitrogens with one attached hydrogen (secondary N) is 1. The van der Waals surface area contributed by atoms with Gasteiger partial charge < -0.3 is 10.2 Å². The van der Waals surface area contributed by atoms with E-state index in [4.69, 9.17) is 4.98 Å². The maximum absolute atomic E-state index is 4.71. The van der Waals surface area contributed by atoms with Crippen molar-refractivity contribution in [2.45, 2.75) is 32.7 Å². The third kappa shape index (κ3) is 2.53. The van der Waals surface area contributed by atoms with Gasteiger partial charge in [0, 0.05) is 25.3 Å². The molecule has 1 aliphatic heterocycles. The minimum absolute atomic E-state index is 0.927. The minimum Gasteiger partial charge on any atom is -0.357 e. The van der Waals surface area contributed by atoms with Crippen LogP contribution in [0.5, 0.6) is 0 Å². The van der Waals surface area contributed by atoms with E-state index in [1.54, 1.807) is 0 Å². The molecule has 0 amide bonds. The molecule has 0 saturated carbocycles. The highest BCUT2D eigenvalue weighted by molar-refractivity contribution is 5.43. The fourth-order valence-electron chi connectivity index (χ4n) is 2.23. The highest BCUT2D eigenvalue weighted by Gasteiger charge is 2.14. The lowest BCUT2D eigenvalue weighted by atomic mass is 10.2. The van der Waals surface area contributed by atoms with Crippen LogP contribution in [0.15, 0.2) is 12.1 Å². The van der Waals surface area contributed by atoms with Crippen molar-refractivity contribution in [3.05, 3.63) is 23.4 Å². The number of anilines is 1. The van der Waals surface area contributed by atoms with Crippen molar-refractivity contribution in [1.29, 1.82) is 0 Å². The normalized spacial score (nSPS) is 15.8. The Hall–Kier alpha value is -1.09. The maximum atomic E-state index is 4.71. The van der Waals surface area contributed by atoms with Gasteiger partial charge in [-0.25, -0.2) is 4.98 Å². The van der Waals surface area contributed by atoms with E-state index in [0.29, 0.717) is 0 Å². The zero-order chi connectivity index (χ0) is 11.4. The van der Waals surface area contributed by atoms with Crippen LogP contribution in [0.3, 0.4) is 0 Å². The molecule has 0 unspecified atom stereocenters. The number of rotatable bonds is 4. The standard InChI is InChI=1S/C13H21N3/c1-3-12-8-11(10-14-2)9-13(15-12)16-6-4-5-7-16/h8-9,14H,3-7,10H2,1-2H3. The molecule has 1 aromatic heterocycles. The molecule has 0 radical (unpaired) electrons. The van der Waals surface area contributed by atoms with Crippen LogP contribution in [-0.2, 0) is 13.0 Å². The van der Waals surface area contributed by atoms with Crippen molar-refractivity contribution in [2.24, 2.45) is 0 Å². The van der Waals surface area contributed by atoms with Crippen LogP contribution in [0, 0.1) is 0 Å². The fourth-order valence-corrected chi connectivity index (χ4v) is 2.23. The van der Waals surface area contributed by atoms with E-state index < -0.39 is 0 Å². The van der Waals surface area contributed by atoms with Crippen molar-refractivity contribution in [1.82, 2.24) is 10.3 Å². The van der Waals surface area contributed by atoms with Gasteiger partial charge in [0.05, 0.1) is 0 Å². The molecule has 88 valence electrons. The van der Waals surface area contributed by atoms with Crippen molar-refractivity contribution in [2.75, 3.05) is 25.0 Å². The Bertz CT molecular complexity index is 343. The average Bonchev–Trinajstić information content (AvgIpc) is 2.82. The van der Waals surface area contributed by atoms with Crippen LogP contribution in [0.25, 0.3) is 0 Å². The summed E-state index contributed by atoms with van der Waals surface area (Å²) in [6, 6.07) is 4.43. The van der Waals surface area contributed by atoms with E-state index in [0.717, 1.165) is 13.0 Å². The molecular formula is C13H21N3. The predicted molar refractivity (Wildman–Crippen MR) is 67.8 cm³/mol. The Balaban J connectivity index is 2.24. The average molecular weight is 219 g/mol. The Morgan fingerprint density at radius 1 is 1.31 bits per heavy atom. The molecule has 1 fully saturated rings. The summed E-state index contributed by atoms with van der Waals surface area (Å²) in [5.41, 5.74) is 2.55. The summed E-state index contributed by atoms with van der Waals surface area (Å²) in [4.78, 5) is 7.12. The summed E-state index contributed by atoms with van der Waals surface area (Å²) in [6.07, 6.45) is 3.62. The number of hydrogen-bond donors (Lipinski definition) is 1. The molecule has 1 aliphatic rings. The van der Waals surface area contributed by atoms with Gasteiger partial charge in [0.1, 0.15) is 5.82 Å². The molecule has 1 saturated heterocycles. The SMILES string of the molecule is CCc1cc(CNC)cc(N2CCCC2)n1. The van der Waals surface area contributed by atoms with Crippen LogP contribution in [-0.4, -0.2) is 25.1 Å². The first-order valence-electron chi connectivity index (χ1n) is 6.23. The molecule has 0 atom stereocenters. The molecule has 1 aromatic rings. The maximum Gasteiger partial charge on any atom is 0.129 e. The zero-order valence-electron chi connectivity index (χ0n) is 10.3. The molecule has 3 nitrogen and oxygen atoms in total. The van der Waals surface area contributed by atoms with Crippen LogP contribution in [0.2, 0.25) is 0 Å². The van der Waals surface area contributed by atoms with Gasteiger partial charge in [0.25, 0.3) is 0 Å². The van der Waals surface area contributed by atoms with E-state index in [1.165, 1.54) is 43.0 Å². The van der Waals surface area contributed by atoms with Gasteiger partial charge in [-0.3, -0.25) is 0 Å². The third-order valence-corrected chi connectivity index (χ3v) is 3.10. The monoisotopic (exact) mass is 219 g/mol. The Kier molecular flexibility index (Phi) is 3.78. The number of aromatic nitrogens is 1. The van der Waals surface area contributed by atoms with E-state index >= 15 is 0 Å². The lowest BCUT2D eigenvalue weighted by Crippen LogP contribution is -2.20. The van der Waals surface area contributed by atoms with Crippen LogP contribution in [0.1, 0.15) is 31.0 Å². The summed E-state index contributed by atoms with van der Waals surface area (Å²) < 4.78 is 0. The second-order valence-electron chi connectivity index (χ2n) is 4.40. The van der Waals surface area contributed by atoms with Crippen molar-refractivity contribution >= 4 is 5.82 Å². The highest BCUT2D eigenvalue weighted by Crippen LogP contribution is 2.20. The summed E-state index contributed by atoms with van der Waals surface area (Å²) in [5, 5.41) is 3.21. The van der Waals surface area contributed by atoms with Crippen molar-refractivity contribution in [3.8, 4) is 0 Å². The van der Waals surface area contributed by atoms with Crippen molar-refractivity contribution < 1.29 is 0 Å². The lowest BCUT2D eigenvalue weighted by molar-refractivity contribution is 0.807. The quantitative estimate of drug-likeness (QED) is 0.839. The van der Waals surface area contributed by atoms with Crippen LogP contribution >= 0.6 is 0 Å². The molecule has 0 aromatic carbocycles. The smallest absolute Gasteiger partial charge is 0.129 e. The molecule has 0 bridgehead atoms. The van der Waals surface area contributed by atoms with E-state index in [1.807, 2.05) is 7.05 Å². The van der Waals surface area contributed by atoms with Gasteiger partial charge in [0.2, 0.25) is 0 Å². The first-order valence-corrected chi connectivity index (χ1v) is 6.23. The molecule has 2 rings (SSSR count). The molecule has 16 heavy (non-hydrogen) atoms. The first kappa shape index (κ1) is 11.4. The largest absolute Gasteiger partial charge is 0.357 e. The molecular weight excluding hydrogens is 198 g/mol.